The lowest BCUT2D eigenvalue weighted by Crippen LogP contribution is -2.33. The third kappa shape index (κ3) is 4.30. The summed E-state index contributed by atoms with van der Waals surface area (Å²) in [6.45, 7) is 1.63. The molecule has 0 fully saturated rings. The Hall–Kier alpha value is -3.24. The molecule has 1 unspecified atom stereocenters. The van der Waals surface area contributed by atoms with Gasteiger partial charge in [0.05, 0.1) is 0 Å². The van der Waals surface area contributed by atoms with E-state index in [0.29, 0.717) is 0 Å². The van der Waals surface area contributed by atoms with E-state index in [2.05, 4.69) is 99.9 Å². The molecule has 0 saturated carbocycles. The summed E-state index contributed by atoms with van der Waals surface area (Å²) in [4.78, 5) is 6.62. The minimum atomic E-state index is -0.0332. The molecule has 4 nitrogen and oxygen atoms in total. The Balaban J connectivity index is 1.73. The molecule has 0 aliphatic rings. The van der Waals surface area contributed by atoms with Gasteiger partial charge in [-0.25, -0.2) is 9.67 Å². The van der Waals surface area contributed by atoms with Crippen molar-refractivity contribution in [3.63, 3.8) is 0 Å². The number of benzene rings is 3. The van der Waals surface area contributed by atoms with Crippen molar-refractivity contribution in [1.82, 2.24) is 19.7 Å². The van der Waals surface area contributed by atoms with E-state index in [9.17, 15) is 0 Å². The van der Waals surface area contributed by atoms with E-state index >= 15 is 0 Å². The van der Waals surface area contributed by atoms with Crippen molar-refractivity contribution in [1.29, 1.82) is 0 Å². The van der Waals surface area contributed by atoms with E-state index in [0.717, 1.165) is 13.1 Å². The van der Waals surface area contributed by atoms with E-state index < -0.39 is 0 Å². The fraction of sp³-hybridized carbons (Fsp3) is 0.130. The van der Waals surface area contributed by atoms with E-state index in [1.807, 2.05) is 10.7 Å². The summed E-state index contributed by atoms with van der Waals surface area (Å²) in [6.07, 6.45) is 3.36. The number of nitrogens with zero attached hydrogens (tertiary/aromatic N) is 4. The van der Waals surface area contributed by atoms with Gasteiger partial charge in [0.2, 0.25) is 0 Å². The highest BCUT2D eigenvalue weighted by Crippen LogP contribution is 2.26. The summed E-state index contributed by atoms with van der Waals surface area (Å²) in [5.74, 6) is 0. The molecule has 0 bridgehead atoms. The van der Waals surface area contributed by atoms with Crippen molar-refractivity contribution < 1.29 is 0 Å². The molecular formula is C23H22N4. The van der Waals surface area contributed by atoms with Crippen LogP contribution in [0.25, 0.3) is 0 Å². The van der Waals surface area contributed by atoms with Gasteiger partial charge in [0.15, 0.2) is 0 Å². The molecule has 0 spiro atoms. The summed E-state index contributed by atoms with van der Waals surface area (Å²) in [5.41, 5.74) is 3.74. The van der Waals surface area contributed by atoms with Crippen LogP contribution in [0.2, 0.25) is 0 Å². The van der Waals surface area contributed by atoms with Gasteiger partial charge in [0.25, 0.3) is 0 Å². The maximum absolute atomic E-state index is 4.46. The van der Waals surface area contributed by atoms with E-state index in [4.69, 9.17) is 0 Å². The Morgan fingerprint density at radius 3 is 1.70 bits per heavy atom. The number of hydrogen-bond donors (Lipinski definition) is 0. The van der Waals surface area contributed by atoms with Gasteiger partial charge in [-0.2, -0.15) is 5.10 Å². The zero-order valence-electron chi connectivity index (χ0n) is 15.1. The number of hydrogen-bond acceptors (Lipinski definition) is 3. The van der Waals surface area contributed by atoms with E-state index in [1.54, 1.807) is 12.7 Å². The summed E-state index contributed by atoms with van der Waals surface area (Å²) in [7, 11) is 0. The molecule has 1 aromatic heterocycles. The summed E-state index contributed by atoms with van der Waals surface area (Å²) in [6, 6.07) is 31.6. The van der Waals surface area contributed by atoms with E-state index in [1.165, 1.54) is 16.7 Å². The van der Waals surface area contributed by atoms with Crippen LogP contribution in [0.4, 0.5) is 0 Å². The molecule has 0 aliphatic heterocycles. The number of aromatic nitrogens is 3. The summed E-state index contributed by atoms with van der Waals surface area (Å²) >= 11 is 0. The smallest absolute Gasteiger partial charge is 0.137 e. The monoisotopic (exact) mass is 354 g/mol. The topological polar surface area (TPSA) is 34.0 Å². The first-order valence-corrected chi connectivity index (χ1v) is 9.11. The summed E-state index contributed by atoms with van der Waals surface area (Å²) < 4.78 is 1.93. The molecule has 27 heavy (non-hydrogen) atoms. The molecule has 1 heterocycles. The van der Waals surface area contributed by atoms with Gasteiger partial charge in [-0.05, 0) is 16.7 Å². The largest absolute Gasteiger partial charge is 0.269 e. The fourth-order valence-electron chi connectivity index (χ4n) is 3.36. The van der Waals surface area contributed by atoms with Crippen LogP contribution in [-0.2, 0) is 13.1 Å². The van der Waals surface area contributed by atoms with E-state index in [-0.39, 0.29) is 6.17 Å². The van der Waals surface area contributed by atoms with Gasteiger partial charge in [-0.15, -0.1) is 0 Å². The zero-order chi connectivity index (χ0) is 18.3. The SMILES string of the molecule is c1ccc(CN(Cc2ccccc2)C(c2ccccc2)n2cncn2)cc1. The Labute approximate surface area is 159 Å². The Morgan fingerprint density at radius 1 is 0.704 bits per heavy atom. The summed E-state index contributed by atoms with van der Waals surface area (Å²) in [5, 5.41) is 4.46. The van der Waals surface area contributed by atoms with Crippen molar-refractivity contribution >= 4 is 0 Å². The molecule has 1 atom stereocenters. The lowest BCUT2D eigenvalue weighted by Gasteiger charge is -2.32. The second kappa shape index (κ2) is 8.43. The highest BCUT2D eigenvalue weighted by Gasteiger charge is 2.23. The first-order chi connectivity index (χ1) is 13.4. The fourth-order valence-corrected chi connectivity index (χ4v) is 3.36. The van der Waals surface area contributed by atoms with Gasteiger partial charge in [-0.3, -0.25) is 4.90 Å². The molecule has 0 N–H and O–H groups in total. The van der Waals surface area contributed by atoms with Crippen LogP contribution in [0, 0.1) is 0 Å². The molecule has 0 amide bonds. The molecular weight excluding hydrogens is 332 g/mol. The predicted octanol–water partition coefficient (Wildman–Crippen LogP) is 4.53. The minimum Gasteiger partial charge on any atom is -0.269 e. The molecule has 134 valence electrons. The Bertz CT molecular complexity index is 881. The predicted molar refractivity (Wildman–Crippen MR) is 107 cm³/mol. The normalized spacial score (nSPS) is 12.2. The third-order valence-corrected chi connectivity index (χ3v) is 4.59. The molecule has 4 rings (SSSR count). The van der Waals surface area contributed by atoms with Crippen molar-refractivity contribution in [2.24, 2.45) is 0 Å². The Morgan fingerprint density at radius 2 is 1.22 bits per heavy atom. The van der Waals surface area contributed by atoms with Gasteiger partial charge in [0.1, 0.15) is 18.8 Å². The molecule has 0 aliphatic carbocycles. The van der Waals surface area contributed by atoms with Gasteiger partial charge >= 0.3 is 0 Å². The van der Waals surface area contributed by atoms with Gasteiger partial charge in [-0.1, -0.05) is 91.0 Å². The third-order valence-electron chi connectivity index (χ3n) is 4.59. The van der Waals surface area contributed by atoms with Crippen molar-refractivity contribution in [2.75, 3.05) is 0 Å². The van der Waals surface area contributed by atoms with Gasteiger partial charge in [0, 0.05) is 13.1 Å². The average Bonchev–Trinajstić information content (AvgIpc) is 3.25. The zero-order valence-corrected chi connectivity index (χ0v) is 15.1. The maximum atomic E-state index is 4.46. The Kier molecular flexibility index (Phi) is 5.36. The standard InChI is InChI=1S/C23H22N4/c1-4-10-20(11-5-1)16-26(17-21-12-6-2-7-13-21)23(27-19-24-18-25-27)22-14-8-3-9-15-22/h1-15,18-19,23H,16-17H2. The second-order valence-electron chi connectivity index (χ2n) is 6.54. The van der Waals surface area contributed by atoms with Crippen LogP contribution in [-0.4, -0.2) is 19.7 Å². The molecule has 3 aromatic carbocycles. The molecule has 4 heteroatoms. The minimum absolute atomic E-state index is 0.0332. The van der Waals surface area contributed by atoms with Crippen LogP contribution in [0.5, 0.6) is 0 Å². The molecule has 4 aromatic rings. The highest BCUT2D eigenvalue weighted by atomic mass is 15.4. The first-order valence-electron chi connectivity index (χ1n) is 9.11. The van der Waals surface area contributed by atoms with Crippen molar-refractivity contribution in [3.8, 4) is 0 Å². The van der Waals surface area contributed by atoms with Crippen molar-refractivity contribution in [3.05, 3.63) is 120 Å². The first kappa shape index (κ1) is 17.2. The second-order valence-corrected chi connectivity index (χ2v) is 6.54. The van der Waals surface area contributed by atoms with Crippen molar-refractivity contribution in [2.45, 2.75) is 19.3 Å². The van der Waals surface area contributed by atoms with Crippen LogP contribution in [0.15, 0.2) is 104 Å². The van der Waals surface area contributed by atoms with Crippen LogP contribution < -0.4 is 0 Å². The lowest BCUT2D eigenvalue weighted by atomic mass is 10.1. The quantitative estimate of drug-likeness (QED) is 0.489. The molecule has 0 saturated heterocycles. The van der Waals surface area contributed by atoms with Gasteiger partial charge < -0.3 is 0 Å². The van der Waals surface area contributed by atoms with Crippen LogP contribution in [0.3, 0.4) is 0 Å². The lowest BCUT2D eigenvalue weighted by molar-refractivity contribution is 0.142. The average molecular weight is 354 g/mol. The van der Waals surface area contributed by atoms with Crippen LogP contribution >= 0.6 is 0 Å². The highest BCUT2D eigenvalue weighted by molar-refractivity contribution is 5.22. The molecule has 0 radical (unpaired) electrons. The maximum Gasteiger partial charge on any atom is 0.137 e. The number of rotatable bonds is 7. The van der Waals surface area contributed by atoms with Crippen LogP contribution in [0.1, 0.15) is 22.9 Å².